The first-order valence-corrected chi connectivity index (χ1v) is 12.5. The Morgan fingerprint density at radius 3 is 2.79 bits per heavy atom. The molecule has 5 heterocycles. The molecule has 34 heavy (non-hydrogen) atoms. The zero-order valence-electron chi connectivity index (χ0n) is 19.0. The molecule has 4 aromatic rings. The van der Waals surface area contributed by atoms with Crippen molar-refractivity contribution in [3.05, 3.63) is 54.1 Å². The second kappa shape index (κ2) is 8.64. The number of nitrogens with one attached hydrogen (secondary N) is 1. The van der Waals surface area contributed by atoms with Gasteiger partial charge in [0.2, 0.25) is 5.91 Å². The summed E-state index contributed by atoms with van der Waals surface area (Å²) in [6.45, 7) is 3.58. The lowest BCUT2D eigenvalue weighted by molar-refractivity contribution is -0.114. The lowest BCUT2D eigenvalue weighted by Crippen LogP contribution is -2.30. The average Bonchev–Trinajstić information content (AvgIpc) is 3.46. The first-order chi connectivity index (χ1) is 16.7. The van der Waals surface area contributed by atoms with Gasteiger partial charge in [-0.3, -0.25) is 9.78 Å². The molecule has 6 rings (SSSR count). The van der Waals surface area contributed by atoms with Crippen LogP contribution in [0.5, 0.6) is 0 Å². The summed E-state index contributed by atoms with van der Waals surface area (Å²) in [6, 6.07) is 8.14. The van der Waals surface area contributed by atoms with E-state index in [1.54, 1.807) is 6.20 Å². The summed E-state index contributed by atoms with van der Waals surface area (Å²) in [5.74, 6) is 0.875. The van der Waals surface area contributed by atoms with Gasteiger partial charge in [-0.15, -0.1) is 0 Å². The molecule has 0 bridgehead atoms. The van der Waals surface area contributed by atoms with Gasteiger partial charge in [-0.05, 0) is 50.3 Å². The van der Waals surface area contributed by atoms with Crippen LogP contribution >= 0.6 is 11.3 Å². The molecular formula is C25H25N7OS. The Bertz CT molecular complexity index is 1360. The van der Waals surface area contributed by atoms with E-state index in [2.05, 4.69) is 32.3 Å². The van der Waals surface area contributed by atoms with Gasteiger partial charge in [-0.25, -0.2) is 14.6 Å². The van der Waals surface area contributed by atoms with Crippen molar-refractivity contribution in [2.75, 3.05) is 23.3 Å². The minimum atomic E-state index is -0.115. The van der Waals surface area contributed by atoms with Crippen molar-refractivity contribution in [3.8, 4) is 27.5 Å². The fourth-order valence-corrected chi connectivity index (χ4v) is 5.95. The number of rotatable bonds is 4. The van der Waals surface area contributed by atoms with Crippen LogP contribution in [0.3, 0.4) is 0 Å². The first-order valence-electron chi connectivity index (χ1n) is 11.7. The molecule has 1 amide bonds. The van der Waals surface area contributed by atoms with Crippen molar-refractivity contribution in [2.24, 2.45) is 0 Å². The highest BCUT2D eigenvalue weighted by atomic mass is 32.1. The third kappa shape index (κ3) is 3.75. The lowest BCUT2D eigenvalue weighted by atomic mass is 9.95. The Morgan fingerprint density at radius 2 is 2.00 bits per heavy atom. The average molecular weight is 472 g/mol. The number of thiazole rings is 1. The SMILES string of the molecule is CC(=O)Nc1nc2c(s1)-c1c(c(-c3cccnc3)nn1-c1ccnc(N3CCCCC3)c1)CC2. The van der Waals surface area contributed by atoms with Crippen LogP contribution < -0.4 is 10.2 Å². The van der Waals surface area contributed by atoms with E-state index < -0.39 is 0 Å². The highest BCUT2D eigenvalue weighted by Crippen LogP contribution is 2.44. The number of anilines is 2. The number of carbonyl (C=O) groups excluding carboxylic acids is 1. The van der Waals surface area contributed by atoms with Crippen LogP contribution in [0.25, 0.3) is 27.5 Å². The van der Waals surface area contributed by atoms with Gasteiger partial charge in [0.05, 0.1) is 27.6 Å². The van der Waals surface area contributed by atoms with E-state index in [4.69, 9.17) is 10.1 Å². The summed E-state index contributed by atoms with van der Waals surface area (Å²) in [5.41, 5.74) is 6.16. The molecular weight excluding hydrogens is 446 g/mol. The Balaban J connectivity index is 1.51. The van der Waals surface area contributed by atoms with E-state index >= 15 is 0 Å². The van der Waals surface area contributed by atoms with Crippen LogP contribution in [-0.4, -0.2) is 43.7 Å². The maximum atomic E-state index is 11.7. The molecule has 0 atom stereocenters. The fraction of sp³-hybridized carbons (Fsp3) is 0.320. The monoisotopic (exact) mass is 471 g/mol. The topological polar surface area (TPSA) is 88.8 Å². The Morgan fingerprint density at radius 1 is 1.12 bits per heavy atom. The normalized spacial score (nSPS) is 15.0. The van der Waals surface area contributed by atoms with E-state index in [0.29, 0.717) is 5.13 Å². The van der Waals surface area contributed by atoms with Gasteiger partial charge in [-0.2, -0.15) is 5.10 Å². The van der Waals surface area contributed by atoms with Crippen molar-refractivity contribution < 1.29 is 4.79 Å². The fourth-order valence-electron chi connectivity index (χ4n) is 4.83. The third-order valence-corrected chi connectivity index (χ3v) is 7.40. The summed E-state index contributed by atoms with van der Waals surface area (Å²) >= 11 is 1.51. The molecule has 9 heteroatoms. The van der Waals surface area contributed by atoms with Gasteiger partial charge in [0.25, 0.3) is 0 Å². The first kappa shape index (κ1) is 21.0. The van der Waals surface area contributed by atoms with Crippen LogP contribution in [0, 0.1) is 0 Å². The van der Waals surface area contributed by atoms with E-state index in [-0.39, 0.29) is 5.91 Å². The molecule has 1 aliphatic heterocycles. The Kier molecular flexibility index (Phi) is 5.33. The summed E-state index contributed by atoms with van der Waals surface area (Å²) in [7, 11) is 0. The number of aryl methyl sites for hydroxylation is 1. The van der Waals surface area contributed by atoms with Gasteiger partial charge in [0.1, 0.15) is 5.82 Å². The maximum absolute atomic E-state index is 11.7. The molecule has 1 aliphatic carbocycles. The summed E-state index contributed by atoms with van der Waals surface area (Å²) in [6.07, 6.45) is 10.8. The van der Waals surface area contributed by atoms with E-state index in [1.165, 1.54) is 43.1 Å². The molecule has 0 spiro atoms. The number of pyridine rings is 2. The zero-order chi connectivity index (χ0) is 23.1. The van der Waals surface area contributed by atoms with Crippen LogP contribution in [0.1, 0.15) is 37.4 Å². The molecule has 2 aliphatic rings. The van der Waals surface area contributed by atoms with E-state index in [0.717, 1.165) is 65.0 Å². The van der Waals surface area contributed by atoms with Gasteiger partial charge < -0.3 is 10.2 Å². The second-order valence-electron chi connectivity index (χ2n) is 8.73. The molecule has 1 fully saturated rings. The van der Waals surface area contributed by atoms with Gasteiger partial charge >= 0.3 is 0 Å². The van der Waals surface area contributed by atoms with Gasteiger partial charge in [0.15, 0.2) is 5.13 Å². The molecule has 1 N–H and O–H groups in total. The molecule has 0 aromatic carbocycles. The number of nitrogens with zero attached hydrogens (tertiary/aromatic N) is 6. The minimum absolute atomic E-state index is 0.115. The largest absolute Gasteiger partial charge is 0.357 e. The third-order valence-electron chi connectivity index (χ3n) is 6.38. The van der Waals surface area contributed by atoms with Crippen molar-refractivity contribution in [1.82, 2.24) is 24.7 Å². The predicted octanol–water partition coefficient (Wildman–Crippen LogP) is 4.50. The molecule has 8 nitrogen and oxygen atoms in total. The summed E-state index contributed by atoms with van der Waals surface area (Å²) in [4.78, 5) is 28.8. The zero-order valence-corrected chi connectivity index (χ0v) is 19.8. The van der Waals surface area contributed by atoms with E-state index in [9.17, 15) is 4.79 Å². The summed E-state index contributed by atoms with van der Waals surface area (Å²) < 4.78 is 2.03. The number of aromatic nitrogens is 5. The highest BCUT2D eigenvalue weighted by Gasteiger charge is 2.30. The quantitative estimate of drug-likeness (QED) is 0.471. The predicted molar refractivity (Wildman–Crippen MR) is 133 cm³/mol. The maximum Gasteiger partial charge on any atom is 0.223 e. The smallest absolute Gasteiger partial charge is 0.223 e. The van der Waals surface area contributed by atoms with Crippen molar-refractivity contribution in [2.45, 2.75) is 39.0 Å². The van der Waals surface area contributed by atoms with Crippen molar-refractivity contribution in [3.63, 3.8) is 0 Å². The Labute approximate surface area is 201 Å². The molecule has 0 radical (unpaired) electrons. The highest BCUT2D eigenvalue weighted by molar-refractivity contribution is 7.19. The Hall–Kier alpha value is -3.59. The number of fused-ring (bicyclic) bond motifs is 3. The van der Waals surface area contributed by atoms with E-state index in [1.807, 2.05) is 29.2 Å². The molecule has 1 saturated heterocycles. The number of piperidine rings is 1. The number of carbonyl (C=O) groups is 1. The summed E-state index contributed by atoms with van der Waals surface area (Å²) in [5, 5.41) is 8.59. The number of hydrogen-bond donors (Lipinski definition) is 1. The number of amides is 1. The van der Waals surface area contributed by atoms with Gasteiger partial charge in [0, 0.05) is 55.8 Å². The molecule has 4 aromatic heterocycles. The van der Waals surface area contributed by atoms with Crippen molar-refractivity contribution in [1.29, 1.82) is 0 Å². The standard InChI is InChI=1S/C25H25N7OS/c1-16(33)28-25-29-20-8-7-19-22(17-6-5-10-26-15-17)30-32(23(19)24(20)34-25)18-9-11-27-21(14-18)31-12-3-2-4-13-31/h5-6,9-11,14-15H,2-4,7-8,12-13H2,1H3,(H,28,29,33). The van der Waals surface area contributed by atoms with Crippen LogP contribution in [0.2, 0.25) is 0 Å². The molecule has 0 unspecified atom stereocenters. The van der Waals surface area contributed by atoms with Crippen LogP contribution in [0.15, 0.2) is 42.9 Å². The molecule has 172 valence electrons. The van der Waals surface area contributed by atoms with Crippen LogP contribution in [-0.2, 0) is 17.6 Å². The van der Waals surface area contributed by atoms with Gasteiger partial charge in [-0.1, -0.05) is 11.3 Å². The minimum Gasteiger partial charge on any atom is -0.357 e. The van der Waals surface area contributed by atoms with Crippen LogP contribution in [0.4, 0.5) is 10.9 Å². The second-order valence-corrected chi connectivity index (χ2v) is 9.72. The molecule has 0 saturated carbocycles. The van der Waals surface area contributed by atoms with Crippen molar-refractivity contribution >= 4 is 28.2 Å². The lowest BCUT2D eigenvalue weighted by Gasteiger charge is -2.28. The number of hydrogen-bond acceptors (Lipinski definition) is 7.